The van der Waals surface area contributed by atoms with E-state index < -0.39 is 59.2 Å². The summed E-state index contributed by atoms with van der Waals surface area (Å²) in [7, 11) is 0. The minimum Gasteiger partial charge on any atom is -0.487 e. The second-order valence-electron chi connectivity index (χ2n) is 11.2. The van der Waals surface area contributed by atoms with Crippen LogP contribution in [0.25, 0.3) is 20.8 Å². The zero-order valence-corrected chi connectivity index (χ0v) is 25.7. The molecule has 0 unspecified atom stereocenters. The molecule has 1 aliphatic carbocycles. The van der Waals surface area contributed by atoms with E-state index in [1.807, 2.05) is 13.0 Å². The minimum atomic E-state index is -1.30. The molecule has 0 spiro atoms. The fourth-order valence-electron chi connectivity index (χ4n) is 5.70. The molecule has 3 heterocycles. The highest BCUT2D eigenvalue weighted by atomic mass is 32.1. The highest BCUT2D eigenvalue weighted by Gasteiger charge is 2.42. The van der Waals surface area contributed by atoms with E-state index in [-0.39, 0.29) is 30.4 Å². The maximum atomic E-state index is 14.5. The lowest BCUT2D eigenvalue weighted by molar-refractivity contribution is 0.00650. The van der Waals surface area contributed by atoms with Crippen LogP contribution in [-0.4, -0.2) is 55.0 Å². The molecule has 9 nitrogen and oxygen atoms in total. The molecule has 1 saturated carbocycles. The van der Waals surface area contributed by atoms with Crippen molar-refractivity contribution in [2.24, 2.45) is 5.92 Å². The van der Waals surface area contributed by atoms with Crippen LogP contribution >= 0.6 is 11.3 Å². The van der Waals surface area contributed by atoms with Crippen molar-refractivity contribution in [2.75, 3.05) is 17.2 Å². The molecule has 0 radical (unpaired) electrons. The van der Waals surface area contributed by atoms with E-state index in [0.29, 0.717) is 21.8 Å². The van der Waals surface area contributed by atoms with Gasteiger partial charge in [0, 0.05) is 17.7 Å². The van der Waals surface area contributed by atoms with Gasteiger partial charge in [-0.25, -0.2) is 27.5 Å². The smallest absolute Gasteiger partial charge is 0.225 e. The van der Waals surface area contributed by atoms with Crippen molar-refractivity contribution >= 4 is 33.3 Å². The topological polar surface area (TPSA) is 125 Å². The summed E-state index contributed by atoms with van der Waals surface area (Å²) in [6, 6.07) is 7.17. The number of pyridine rings is 1. The van der Waals surface area contributed by atoms with E-state index >= 15 is 0 Å². The summed E-state index contributed by atoms with van der Waals surface area (Å²) in [5, 5.41) is 28.6. The first-order valence-corrected chi connectivity index (χ1v) is 15.3. The molecule has 2 aromatic carbocycles. The maximum absolute atomic E-state index is 14.5. The average molecular weight is 655 g/mol. The SMILES string of the molecule is Cc1nc(N[C@H](C)c2c(F)cccc2F)nc(N[C@@H]2C[C@H](COc3c(F)cccc3F)[C@@H](O)[C@H]2O)c1-c1nc2c(C)nccc2s1. The number of rotatable bonds is 9. The lowest BCUT2D eigenvalue weighted by Gasteiger charge is -2.22. The summed E-state index contributed by atoms with van der Waals surface area (Å²) in [6.45, 7) is 4.89. The van der Waals surface area contributed by atoms with Crippen LogP contribution in [0.1, 0.15) is 36.3 Å². The number of aliphatic hydroxyl groups excluding tert-OH is 2. The molecule has 1 fully saturated rings. The molecular formula is C32H30F4N6O3S. The van der Waals surface area contributed by atoms with Gasteiger partial charge in [-0.3, -0.25) is 4.98 Å². The van der Waals surface area contributed by atoms with Crippen molar-refractivity contribution in [3.8, 4) is 16.3 Å². The van der Waals surface area contributed by atoms with Crippen LogP contribution in [0.5, 0.6) is 5.75 Å². The van der Waals surface area contributed by atoms with Crippen molar-refractivity contribution in [3.63, 3.8) is 0 Å². The van der Waals surface area contributed by atoms with E-state index in [0.717, 1.165) is 34.7 Å². The first kappa shape index (κ1) is 31.6. The van der Waals surface area contributed by atoms with Crippen molar-refractivity contribution in [2.45, 2.75) is 51.5 Å². The summed E-state index contributed by atoms with van der Waals surface area (Å²) in [4.78, 5) is 18.3. The average Bonchev–Trinajstić information content (AvgIpc) is 3.54. The first-order valence-electron chi connectivity index (χ1n) is 14.5. The number of aryl methyl sites for hydroxylation is 2. The number of para-hydroxylation sites is 1. The van der Waals surface area contributed by atoms with Crippen LogP contribution in [0.4, 0.5) is 29.3 Å². The number of anilines is 2. The van der Waals surface area contributed by atoms with Crippen molar-refractivity contribution < 1.29 is 32.5 Å². The number of hydrogen-bond acceptors (Lipinski definition) is 10. The lowest BCUT2D eigenvalue weighted by Crippen LogP contribution is -2.36. The first-order chi connectivity index (χ1) is 22.0. The number of aliphatic hydroxyl groups is 2. The minimum absolute atomic E-state index is 0.0563. The summed E-state index contributed by atoms with van der Waals surface area (Å²) >= 11 is 1.39. The monoisotopic (exact) mass is 654 g/mol. The van der Waals surface area contributed by atoms with Gasteiger partial charge in [0.2, 0.25) is 5.95 Å². The van der Waals surface area contributed by atoms with Gasteiger partial charge in [-0.05, 0) is 57.5 Å². The second kappa shape index (κ2) is 12.8. The van der Waals surface area contributed by atoms with Crippen molar-refractivity contribution in [3.05, 3.63) is 88.9 Å². The largest absolute Gasteiger partial charge is 0.487 e. The van der Waals surface area contributed by atoms with Gasteiger partial charge in [-0.1, -0.05) is 12.1 Å². The highest BCUT2D eigenvalue weighted by Crippen LogP contribution is 2.39. The van der Waals surface area contributed by atoms with Gasteiger partial charge in [-0.2, -0.15) is 4.98 Å². The van der Waals surface area contributed by atoms with E-state index in [2.05, 4.69) is 25.6 Å². The fourth-order valence-corrected chi connectivity index (χ4v) is 6.81. The molecule has 6 rings (SSSR count). The summed E-state index contributed by atoms with van der Waals surface area (Å²) in [5.74, 6) is -4.15. The molecule has 0 bridgehead atoms. The Balaban J connectivity index is 1.33. The highest BCUT2D eigenvalue weighted by molar-refractivity contribution is 7.21. The molecule has 1 aliphatic rings. The third-order valence-electron chi connectivity index (χ3n) is 8.06. The molecule has 4 N–H and O–H groups in total. The summed E-state index contributed by atoms with van der Waals surface area (Å²) in [6.07, 6.45) is -0.739. The Bertz CT molecular complexity index is 1870. The predicted molar refractivity (Wildman–Crippen MR) is 166 cm³/mol. The number of hydrogen-bond donors (Lipinski definition) is 4. The number of fused-ring (bicyclic) bond motifs is 1. The van der Waals surface area contributed by atoms with Gasteiger partial charge in [0.1, 0.15) is 34.1 Å². The molecule has 0 amide bonds. The Labute approximate surface area is 265 Å². The lowest BCUT2D eigenvalue weighted by atomic mass is 10.1. The summed E-state index contributed by atoms with van der Waals surface area (Å²) in [5.41, 5.74) is 2.25. The van der Waals surface area contributed by atoms with Gasteiger partial charge in [0.25, 0.3) is 0 Å². The molecule has 46 heavy (non-hydrogen) atoms. The third kappa shape index (κ3) is 6.07. The molecule has 240 valence electrons. The van der Waals surface area contributed by atoms with Crippen molar-refractivity contribution in [1.29, 1.82) is 0 Å². The molecule has 14 heteroatoms. The number of nitrogens with one attached hydrogen (secondary N) is 2. The Kier molecular flexibility index (Phi) is 8.77. The molecular weight excluding hydrogens is 624 g/mol. The van der Waals surface area contributed by atoms with E-state index in [1.54, 1.807) is 20.0 Å². The molecule has 0 aliphatic heterocycles. The van der Waals surface area contributed by atoms with E-state index in [4.69, 9.17) is 9.72 Å². The molecule has 0 saturated heterocycles. The van der Waals surface area contributed by atoms with Gasteiger partial charge >= 0.3 is 0 Å². The number of benzene rings is 2. The Morgan fingerprint density at radius 3 is 2.26 bits per heavy atom. The second-order valence-corrected chi connectivity index (χ2v) is 12.2. The third-order valence-corrected chi connectivity index (χ3v) is 9.10. The van der Waals surface area contributed by atoms with Crippen LogP contribution in [0.2, 0.25) is 0 Å². The number of ether oxygens (including phenoxy) is 1. The molecule has 3 aromatic heterocycles. The van der Waals surface area contributed by atoms with Gasteiger partial charge in [0.05, 0.1) is 46.4 Å². The van der Waals surface area contributed by atoms with Crippen LogP contribution in [0.15, 0.2) is 48.7 Å². The normalized spacial score (nSPS) is 20.2. The number of nitrogens with zero attached hydrogens (tertiary/aromatic N) is 4. The van der Waals surface area contributed by atoms with Gasteiger partial charge in [0.15, 0.2) is 17.4 Å². The van der Waals surface area contributed by atoms with Crippen LogP contribution in [0, 0.1) is 43.0 Å². The number of aromatic nitrogens is 4. The fraction of sp³-hybridized carbons (Fsp3) is 0.312. The number of thiazole rings is 1. The zero-order valence-electron chi connectivity index (χ0n) is 24.9. The van der Waals surface area contributed by atoms with E-state index in [9.17, 15) is 27.8 Å². The van der Waals surface area contributed by atoms with Gasteiger partial charge < -0.3 is 25.6 Å². The van der Waals surface area contributed by atoms with Crippen molar-refractivity contribution in [1.82, 2.24) is 19.9 Å². The standard InChI is InChI=1S/C32H30F4N6O3S/c1-14(24-18(33)6-4-7-19(24)34)38-32-39-15(2)25(31-41-26-16(3)37-11-10-23(26)46-31)30(42-32)40-22-12-17(27(43)28(22)44)13-45-29-20(35)8-5-9-21(29)36/h4-11,14,17,22,27-28,43-44H,12-13H2,1-3H3,(H2,38,39,40,42)/t14-,17-,22-,27-,28+/m1/s1. The Hall–Kier alpha value is -4.40. The zero-order chi connectivity index (χ0) is 32.7. The maximum Gasteiger partial charge on any atom is 0.225 e. The van der Waals surface area contributed by atoms with Crippen LogP contribution in [0.3, 0.4) is 0 Å². The quantitative estimate of drug-likeness (QED) is 0.140. The molecule has 5 atom stereocenters. The Morgan fingerprint density at radius 2 is 1.59 bits per heavy atom. The van der Waals surface area contributed by atoms with Gasteiger partial charge in [-0.15, -0.1) is 11.3 Å². The summed E-state index contributed by atoms with van der Waals surface area (Å²) < 4.78 is 63.6. The predicted octanol–water partition coefficient (Wildman–Crippen LogP) is 6.10. The van der Waals surface area contributed by atoms with Crippen LogP contribution in [-0.2, 0) is 0 Å². The molecule has 5 aromatic rings. The van der Waals surface area contributed by atoms with E-state index in [1.165, 1.54) is 23.5 Å². The number of halogens is 4. The van der Waals surface area contributed by atoms with Crippen LogP contribution < -0.4 is 15.4 Å². The Morgan fingerprint density at radius 1 is 0.913 bits per heavy atom.